The Bertz CT molecular complexity index is 3680. The first kappa shape index (κ1) is 55.9. The van der Waals surface area contributed by atoms with Crippen LogP contribution in [0.4, 0.5) is 52.7 Å². The van der Waals surface area contributed by atoms with Gasteiger partial charge in [0.05, 0.1) is 39.2 Å². The number of carbonyl (C=O) groups is 2. The van der Waals surface area contributed by atoms with Crippen LogP contribution in [0, 0.1) is 48.8 Å². The van der Waals surface area contributed by atoms with Gasteiger partial charge in [0, 0.05) is 22.5 Å². The Morgan fingerprint density at radius 1 is 0.468 bits per heavy atom. The second-order valence-corrected chi connectivity index (χ2v) is 17.1. The predicted molar refractivity (Wildman–Crippen MR) is 261 cm³/mol. The standard InChI is InChI=1S/C32H21F7N2O3.C25H17F5N2O3/c1-18-11-13-28(20-15-19(32(37,38)39)12-14-29(20)43-16-21-23(33)5-2-6-24(21)34)41(18)30-10-4-9-27(40-30)31(42)44-17-22-25(35)7-3-8-26(22)36;1-14-8-10-21(32(14)23-7-3-6-20(31-23)24(33)34)16-12-15(25(28,29)30)9-11-22(16)35-13-17-18(26)4-2-5-19(17)27/h2-15H,16-17H2,1H3;2-12H,13H2,1H3,(H,33,34). The van der Waals surface area contributed by atoms with Crippen molar-refractivity contribution in [3.05, 3.63) is 237 Å². The normalized spacial score (nSPS) is 11.5. The predicted octanol–water partition coefficient (Wildman–Crippen LogP) is 14.8. The molecule has 0 saturated heterocycles. The zero-order valence-corrected chi connectivity index (χ0v) is 40.9. The van der Waals surface area contributed by atoms with Crippen molar-refractivity contribution in [1.82, 2.24) is 19.1 Å². The Kier molecular flexibility index (Phi) is 16.3. The van der Waals surface area contributed by atoms with E-state index in [-0.39, 0.29) is 62.6 Å². The Morgan fingerprint density at radius 3 is 1.20 bits per heavy atom. The van der Waals surface area contributed by atoms with E-state index in [1.54, 1.807) is 26.0 Å². The van der Waals surface area contributed by atoms with Gasteiger partial charge in [-0.1, -0.05) is 30.3 Å². The van der Waals surface area contributed by atoms with E-state index in [2.05, 4.69) is 9.97 Å². The number of pyridine rings is 2. The van der Waals surface area contributed by atoms with E-state index < -0.39 is 101 Å². The molecule has 0 unspecified atom stereocenters. The highest BCUT2D eigenvalue weighted by molar-refractivity contribution is 5.87. The Labute approximate surface area is 440 Å². The molecule has 22 heteroatoms. The Hall–Kier alpha value is -9.34. The van der Waals surface area contributed by atoms with Gasteiger partial charge in [-0.05, 0) is 135 Å². The number of benzene rings is 5. The number of carbonyl (C=O) groups excluding carboxylic acids is 1. The van der Waals surface area contributed by atoms with Gasteiger partial charge in [0.2, 0.25) is 0 Å². The maximum atomic E-state index is 14.2. The average Bonchev–Trinajstić information content (AvgIpc) is 4.09. The highest BCUT2D eigenvalue weighted by Crippen LogP contribution is 2.41. The average molecular weight is 1100 g/mol. The number of aryl methyl sites for hydroxylation is 2. The summed E-state index contributed by atoms with van der Waals surface area (Å²) in [6.07, 6.45) is -9.39. The van der Waals surface area contributed by atoms with Crippen LogP contribution in [0.2, 0.25) is 0 Å². The molecule has 0 saturated carbocycles. The molecule has 0 aliphatic rings. The van der Waals surface area contributed by atoms with Crippen LogP contribution in [-0.2, 0) is 36.9 Å². The topological polar surface area (TPSA) is 118 Å². The van der Waals surface area contributed by atoms with Gasteiger partial charge in [-0.25, -0.2) is 45.9 Å². The summed E-state index contributed by atoms with van der Waals surface area (Å²) in [7, 11) is 0. The number of nitrogens with zero attached hydrogens (tertiary/aromatic N) is 4. The van der Waals surface area contributed by atoms with Gasteiger partial charge in [0.25, 0.3) is 0 Å². The number of aromatic nitrogens is 4. The van der Waals surface area contributed by atoms with Crippen molar-refractivity contribution in [3.8, 4) is 45.6 Å². The lowest BCUT2D eigenvalue weighted by molar-refractivity contribution is -0.138. The van der Waals surface area contributed by atoms with Crippen molar-refractivity contribution in [3.63, 3.8) is 0 Å². The minimum atomic E-state index is -4.73. The van der Waals surface area contributed by atoms with E-state index in [1.165, 1.54) is 69.8 Å². The van der Waals surface area contributed by atoms with Crippen LogP contribution in [0.1, 0.15) is 60.2 Å². The summed E-state index contributed by atoms with van der Waals surface area (Å²) in [6.45, 7) is 1.42. The van der Waals surface area contributed by atoms with Gasteiger partial charge in [-0.3, -0.25) is 9.13 Å². The number of alkyl halides is 6. The van der Waals surface area contributed by atoms with E-state index >= 15 is 0 Å². The van der Waals surface area contributed by atoms with Crippen LogP contribution in [0.15, 0.2) is 152 Å². The zero-order chi connectivity index (χ0) is 56.9. The lowest BCUT2D eigenvalue weighted by atomic mass is 10.1. The SMILES string of the molecule is Cc1ccc(-c2cc(C(F)(F)F)ccc2OCc2c(F)cccc2F)n1-c1cccc(C(=O)O)n1.Cc1ccc(-c2cc(C(F)(F)F)ccc2OCc2c(F)cccc2F)n1-c1cccc(C(=O)OCc2c(F)cccc2F)n1. The monoisotopic (exact) mass is 1100 g/mol. The van der Waals surface area contributed by atoms with Crippen molar-refractivity contribution in [2.45, 2.75) is 46.0 Å². The number of carboxylic acids is 1. The van der Waals surface area contributed by atoms with Crippen molar-refractivity contribution in [1.29, 1.82) is 0 Å². The van der Waals surface area contributed by atoms with Crippen molar-refractivity contribution < 1.29 is 81.6 Å². The molecule has 0 spiro atoms. The highest BCUT2D eigenvalue weighted by atomic mass is 19.4. The lowest BCUT2D eigenvalue weighted by Crippen LogP contribution is -2.12. The van der Waals surface area contributed by atoms with Crippen LogP contribution in [0.5, 0.6) is 11.5 Å². The number of aromatic carboxylic acids is 1. The van der Waals surface area contributed by atoms with Gasteiger partial charge >= 0.3 is 24.3 Å². The first-order valence-corrected chi connectivity index (χ1v) is 23.2. The minimum absolute atomic E-state index is 0.0211. The summed E-state index contributed by atoms with van der Waals surface area (Å²) in [5, 5.41) is 9.28. The molecule has 4 aromatic heterocycles. The quantitative estimate of drug-likeness (QED) is 0.0845. The van der Waals surface area contributed by atoms with E-state index in [4.69, 9.17) is 14.2 Å². The molecule has 0 radical (unpaired) electrons. The number of carboxylic acid groups (broad SMARTS) is 1. The third kappa shape index (κ3) is 12.6. The highest BCUT2D eigenvalue weighted by Gasteiger charge is 2.34. The van der Waals surface area contributed by atoms with Gasteiger partial charge in [0.15, 0.2) is 11.4 Å². The first-order valence-electron chi connectivity index (χ1n) is 23.2. The molecule has 4 heterocycles. The molecule has 406 valence electrons. The largest absolute Gasteiger partial charge is 0.488 e. The molecule has 79 heavy (non-hydrogen) atoms. The van der Waals surface area contributed by atoms with Gasteiger partial charge in [-0.15, -0.1) is 0 Å². The maximum Gasteiger partial charge on any atom is 0.416 e. The molecule has 10 nitrogen and oxygen atoms in total. The first-order chi connectivity index (χ1) is 37.5. The van der Waals surface area contributed by atoms with E-state index in [0.717, 1.165) is 78.9 Å². The van der Waals surface area contributed by atoms with Gasteiger partial charge in [0.1, 0.15) is 77.9 Å². The second kappa shape index (κ2) is 23.1. The number of halogens is 12. The molecule has 0 atom stereocenters. The zero-order valence-electron chi connectivity index (χ0n) is 40.9. The lowest BCUT2D eigenvalue weighted by Gasteiger charge is -2.18. The minimum Gasteiger partial charge on any atom is -0.488 e. The van der Waals surface area contributed by atoms with Crippen LogP contribution in [0.3, 0.4) is 0 Å². The third-order valence-corrected chi connectivity index (χ3v) is 11.9. The molecular formula is C57H38F12N4O6. The van der Waals surface area contributed by atoms with Crippen molar-refractivity contribution in [2.24, 2.45) is 0 Å². The molecule has 0 aliphatic carbocycles. The van der Waals surface area contributed by atoms with Crippen LogP contribution in [0.25, 0.3) is 34.2 Å². The number of ether oxygens (including phenoxy) is 3. The fourth-order valence-corrected chi connectivity index (χ4v) is 8.02. The van der Waals surface area contributed by atoms with E-state index in [9.17, 15) is 67.4 Å². The summed E-state index contributed by atoms with van der Waals surface area (Å²) >= 11 is 0. The molecule has 0 bridgehead atoms. The van der Waals surface area contributed by atoms with Crippen molar-refractivity contribution >= 4 is 11.9 Å². The van der Waals surface area contributed by atoms with Crippen molar-refractivity contribution in [2.75, 3.05) is 0 Å². The van der Waals surface area contributed by atoms with Crippen LogP contribution < -0.4 is 9.47 Å². The Morgan fingerprint density at radius 2 is 0.823 bits per heavy atom. The molecule has 9 aromatic rings. The van der Waals surface area contributed by atoms with Gasteiger partial charge < -0.3 is 19.3 Å². The molecule has 9 rings (SSSR count). The fraction of sp³-hybridized carbons (Fsp3) is 0.123. The number of esters is 1. The van der Waals surface area contributed by atoms with Crippen LogP contribution in [-0.4, -0.2) is 36.1 Å². The molecule has 0 fully saturated rings. The summed E-state index contributed by atoms with van der Waals surface area (Å²) < 4.78 is 185. The number of rotatable bonds is 14. The summed E-state index contributed by atoms with van der Waals surface area (Å²) in [4.78, 5) is 32.5. The summed E-state index contributed by atoms with van der Waals surface area (Å²) in [5.74, 6) is -7.47. The summed E-state index contributed by atoms with van der Waals surface area (Å²) in [5.41, 5.74) is -2.37. The molecule has 1 N–H and O–H groups in total. The van der Waals surface area contributed by atoms with Gasteiger partial charge in [-0.2, -0.15) is 26.3 Å². The smallest absolute Gasteiger partial charge is 0.416 e. The second-order valence-electron chi connectivity index (χ2n) is 17.1. The molecule has 0 amide bonds. The maximum absolute atomic E-state index is 14.2. The Balaban J connectivity index is 0.000000214. The number of hydrogen-bond acceptors (Lipinski definition) is 7. The fourth-order valence-electron chi connectivity index (χ4n) is 8.02. The number of hydrogen-bond donors (Lipinski definition) is 1. The van der Waals surface area contributed by atoms with E-state index in [0.29, 0.717) is 11.4 Å². The third-order valence-electron chi connectivity index (χ3n) is 11.9. The van der Waals surface area contributed by atoms with E-state index in [1.807, 2.05) is 0 Å². The van der Waals surface area contributed by atoms with Crippen LogP contribution >= 0.6 is 0 Å². The summed E-state index contributed by atoms with van der Waals surface area (Å²) in [6, 6.07) is 29.8. The molecular weight excluding hydrogens is 1060 g/mol. The molecule has 0 aliphatic heterocycles. The molecule has 5 aromatic carbocycles.